The van der Waals surface area contributed by atoms with Crippen molar-refractivity contribution in [1.82, 2.24) is 20.2 Å². The van der Waals surface area contributed by atoms with Crippen LogP contribution in [0.15, 0.2) is 27.2 Å². The molecule has 2 fully saturated rings. The number of carboxylic acid groups (broad SMARTS) is 1. The van der Waals surface area contributed by atoms with E-state index in [2.05, 4.69) is 25.2 Å². The van der Waals surface area contributed by atoms with Gasteiger partial charge in [0.1, 0.15) is 17.7 Å². The first-order valence-corrected chi connectivity index (χ1v) is 11.5. The minimum Gasteiger partial charge on any atom is -0.465 e. The van der Waals surface area contributed by atoms with Crippen LogP contribution in [0.1, 0.15) is 31.2 Å². The first-order chi connectivity index (χ1) is 16.6. The summed E-state index contributed by atoms with van der Waals surface area (Å²) in [4.78, 5) is 26.9. The predicted molar refractivity (Wildman–Crippen MR) is 118 cm³/mol. The zero-order chi connectivity index (χ0) is 25.0. The normalized spacial score (nSPS) is 22.6. The van der Waals surface area contributed by atoms with E-state index >= 15 is 0 Å². The number of aromatic nitrogens is 2. The highest BCUT2D eigenvalue weighted by molar-refractivity contribution is 7.13. The Hall–Kier alpha value is -3.39. The Morgan fingerprint density at radius 1 is 1.46 bits per heavy atom. The van der Waals surface area contributed by atoms with Crippen molar-refractivity contribution >= 4 is 34.2 Å². The number of rotatable bonds is 5. The Balaban J connectivity index is 1.81. The Bertz CT molecular complexity index is 1300. The molecule has 1 amide bonds. The highest BCUT2D eigenvalue weighted by Crippen LogP contribution is 2.47. The van der Waals surface area contributed by atoms with E-state index in [4.69, 9.17) is 9.25 Å². The number of nitrogens with zero attached hydrogens (tertiary/aromatic N) is 4. The van der Waals surface area contributed by atoms with E-state index in [1.165, 1.54) is 36.3 Å². The zero-order valence-corrected chi connectivity index (χ0v) is 19.4. The number of fused-ring (bicyclic) bond motifs is 3. The standard InChI is InChI=1S/C21H20F3N5O5S/c1-10(28-32-2)12-7-13(17-26-5-6-35-17)15-14(16(12)34-21(22,23)24)27-18(33-15)20-4-3-11(8-25-9-20)29(20)19(30)31/h5-7,11,25H,3-4,8-9H2,1-2H3,(H,30,31). The van der Waals surface area contributed by atoms with Crippen molar-refractivity contribution < 1.29 is 37.1 Å². The molecule has 10 nitrogen and oxygen atoms in total. The zero-order valence-electron chi connectivity index (χ0n) is 18.5. The Labute approximate surface area is 200 Å². The van der Waals surface area contributed by atoms with E-state index in [0.29, 0.717) is 30.0 Å². The van der Waals surface area contributed by atoms with Gasteiger partial charge in [0.2, 0.25) is 5.89 Å². The molecule has 14 heteroatoms. The summed E-state index contributed by atoms with van der Waals surface area (Å²) in [6.07, 6.45) is -3.66. The fourth-order valence-corrected chi connectivity index (χ4v) is 5.54. The first kappa shape index (κ1) is 23.4. The van der Waals surface area contributed by atoms with Crippen molar-refractivity contribution in [2.45, 2.75) is 37.7 Å². The molecule has 2 bridgehead atoms. The number of hydrogen-bond donors (Lipinski definition) is 2. The summed E-state index contributed by atoms with van der Waals surface area (Å²) < 4.78 is 51.0. The molecular formula is C21H20F3N5O5S. The number of thiazole rings is 1. The van der Waals surface area contributed by atoms with Gasteiger partial charge in [0.15, 0.2) is 16.8 Å². The molecule has 2 N–H and O–H groups in total. The molecular weight excluding hydrogens is 491 g/mol. The van der Waals surface area contributed by atoms with Crippen LogP contribution in [0.2, 0.25) is 0 Å². The molecule has 2 aliphatic rings. The fourth-order valence-electron chi connectivity index (χ4n) is 4.89. The van der Waals surface area contributed by atoms with Crippen LogP contribution in [-0.4, -0.2) is 64.4 Å². The fraction of sp³-hybridized carbons (Fsp3) is 0.429. The van der Waals surface area contributed by atoms with Crippen LogP contribution < -0.4 is 10.1 Å². The van der Waals surface area contributed by atoms with E-state index in [1.54, 1.807) is 11.6 Å². The number of halogens is 3. The number of alkyl halides is 3. The van der Waals surface area contributed by atoms with Crippen LogP contribution in [0.5, 0.6) is 5.75 Å². The number of piperazine rings is 1. The number of nitrogens with one attached hydrogen (secondary N) is 1. The third-order valence-electron chi connectivity index (χ3n) is 6.24. The molecule has 2 unspecified atom stereocenters. The molecule has 2 aromatic heterocycles. The molecule has 2 saturated heterocycles. The van der Waals surface area contributed by atoms with Gasteiger partial charge in [-0.1, -0.05) is 5.16 Å². The van der Waals surface area contributed by atoms with Crippen LogP contribution in [0.4, 0.5) is 18.0 Å². The molecule has 5 rings (SSSR count). The van der Waals surface area contributed by atoms with Crippen LogP contribution in [0.3, 0.4) is 0 Å². The molecule has 1 aromatic carbocycles. The summed E-state index contributed by atoms with van der Waals surface area (Å²) in [5, 5.41) is 19.1. The molecule has 0 saturated carbocycles. The largest absolute Gasteiger partial charge is 0.573 e. The van der Waals surface area contributed by atoms with Gasteiger partial charge >= 0.3 is 12.5 Å². The highest BCUT2D eigenvalue weighted by atomic mass is 32.1. The predicted octanol–water partition coefficient (Wildman–Crippen LogP) is 4.16. The molecule has 186 valence electrons. The van der Waals surface area contributed by atoms with Gasteiger partial charge in [-0.25, -0.2) is 14.8 Å². The number of benzene rings is 1. The maximum absolute atomic E-state index is 13.5. The first-order valence-electron chi connectivity index (χ1n) is 10.6. The number of oxime groups is 1. The lowest BCUT2D eigenvalue weighted by molar-refractivity contribution is -0.274. The Morgan fingerprint density at radius 2 is 2.26 bits per heavy atom. The molecule has 0 spiro atoms. The molecule has 3 aromatic rings. The van der Waals surface area contributed by atoms with Gasteiger partial charge in [-0.15, -0.1) is 24.5 Å². The van der Waals surface area contributed by atoms with Crippen molar-refractivity contribution in [3.63, 3.8) is 0 Å². The topological polar surface area (TPSA) is 122 Å². The van der Waals surface area contributed by atoms with Crippen molar-refractivity contribution in [3.8, 4) is 16.3 Å². The van der Waals surface area contributed by atoms with Crippen LogP contribution in [0, 0.1) is 0 Å². The summed E-state index contributed by atoms with van der Waals surface area (Å²) in [6.45, 7) is 2.15. The molecule has 0 radical (unpaired) electrons. The third-order valence-corrected chi connectivity index (χ3v) is 7.04. The third kappa shape index (κ3) is 3.86. The van der Waals surface area contributed by atoms with Gasteiger partial charge in [0.25, 0.3) is 0 Å². The average molecular weight is 511 g/mol. The second-order valence-corrected chi connectivity index (χ2v) is 9.14. The number of ether oxygens (including phenoxy) is 1. The van der Waals surface area contributed by atoms with Crippen LogP contribution in [-0.2, 0) is 10.4 Å². The van der Waals surface area contributed by atoms with Crippen molar-refractivity contribution in [3.05, 3.63) is 29.1 Å². The molecule has 2 atom stereocenters. The maximum Gasteiger partial charge on any atom is 0.573 e. The van der Waals surface area contributed by atoms with E-state index < -0.39 is 23.7 Å². The number of hydrogen-bond acceptors (Lipinski definition) is 9. The van der Waals surface area contributed by atoms with Gasteiger partial charge in [-0.3, -0.25) is 4.90 Å². The minimum atomic E-state index is -5.03. The SMILES string of the molecule is CON=C(C)c1cc(-c2nccs2)c2oc(C34CCC(CNC3)N4C(=O)O)nc2c1OC(F)(F)F. The summed E-state index contributed by atoms with van der Waals surface area (Å²) in [6, 6.07) is 1.13. The van der Waals surface area contributed by atoms with E-state index in [-0.39, 0.29) is 40.9 Å². The van der Waals surface area contributed by atoms with E-state index in [0.717, 1.165) is 0 Å². The van der Waals surface area contributed by atoms with Crippen molar-refractivity contribution in [1.29, 1.82) is 0 Å². The van der Waals surface area contributed by atoms with E-state index in [9.17, 15) is 23.1 Å². The molecule has 35 heavy (non-hydrogen) atoms. The van der Waals surface area contributed by atoms with Gasteiger partial charge < -0.3 is 24.4 Å². The molecule has 2 aliphatic heterocycles. The lowest BCUT2D eigenvalue weighted by atomic mass is 9.95. The Kier molecular flexibility index (Phi) is 5.59. The van der Waals surface area contributed by atoms with Crippen molar-refractivity contribution in [2.24, 2.45) is 5.16 Å². The highest BCUT2D eigenvalue weighted by Gasteiger charge is 2.56. The summed E-state index contributed by atoms with van der Waals surface area (Å²) in [5.41, 5.74) is -0.891. The lowest BCUT2D eigenvalue weighted by Gasteiger charge is -2.41. The van der Waals surface area contributed by atoms with Crippen LogP contribution >= 0.6 is 11.3 Å². The summed E-state index contributed by atoms with van der Waals surface area (Å²) >= 11 is 1.26. The summed E-state index contributed by atoms with van der Waals surface area (Å²) in [7, 11) is 1.27. The second kappa shape index (κ2) is 8.37. The molecule has 0 aliphatic carbocycles. The lowest BCUT2D eigenvalue weighted by Crippen LogP contribution is -2.60. The van der Waals surface area contributed by atoms with Gasteiger partial charge in [-0.2, -0.15) is 0 Å². The second-order valence-electron chi connectivity index (χ2n) is 8.25. The summed E-state index contributed by atoms with van der Waals surface area (Å²) in [5.74, 6) is -0.620. The number of carbonyl (C=O) groups is 1. The molecule has 4 heterocycles. The number of oxazole rings is 1. The minimum absolute atomic E-state index is 0.00656. The van der Waals surface area contributed by atoms with Gasteiger partial charge in [0, 0.05) is 36.3 Å². The smallest absolute Gasteiger partial charge is 0.465 e. The Morgan fingerprint density at radius 3 is 2.91 bits per heavy atom. The quantitative estimate of drug-likeness (QED) is 0.387. The van der Waals surface area contributed by atoms with Crippen LogP contribution in [0.25, 0.3) is 21.7 Å². The maximum atomic E-state index is 13.5. The van der Waals surface area contributed by atoms with E-state index in [1.807, 2.05) is 0 Å². The van der Waals surface area contributed by atoms with Gasteiger partial charge in [0.05, 0.1) is 11.3 Å². The van der Waals surface area contributed by atoms with Crippen molar-refractivity contribution in [2.75, 3.05) is 20.2 Å². The van der Waals surface area contributed by atoms with Gasteiger partial charge in [-0.05, 0) is 25.8 Å². The number of amides is 1. The monoisotopic (exact) mass is 511 g/mol. The average Bonchev–Trinajstić information content (AvgIpc) is 3.51.